The highest BCUT2D eigenvalue weighted by Gasteiger charge is 2.24. The van der Waals surface area contributed by atoms with Crippen LogP contribution >= 0.6 is 0 Å². The number of hydrogen-bond donors (Lipinski definition) is 1. The monoisotopic (exact) mass is 492 g/mol. The van der Waals surface area contributed by atoms with Crippen molar-refractivity contribution < 1.29 is 19.3 Å². The molecule has 0 saturated heterocycles. The van der Waals surface area contributed by atoms with E-state index in [1.165, 1.54) is 18.2 Å². The van der Waals surface area contributed by atoms with E-state index in [1.54, 1.807) is 25.1 Å². The van der Waals surface area contributed by atoms with E-state index in [4.69, 9.17) is 9.47 Å². The summed E-state index contributed by atoms with van der Waals surface area (Å²) >= 11 is 0. The van der Waals surface area contributed by atoms with Gasteiger partial charge in [-0.1, -0.05) is 12.1 Å². The largest absolute Gasteiger partial charge is 0.490 e. The second-order valence-electron chi connectivity index (χ2n) is 7.11. The Bertz CT molecular complexity index is 1620. The Morgan fingerprint density at radius 2 is 1.89 bits per heavy atom. The lowest BCUT2D eigenvalue weighted by molar-refractivity contribution is -0.385. The maximum Gasteiger partial charge on any atom is 0.349 e. The van der Waals surface area contributed by atoms with Gasteiger partial charge in [0.05, 0.1) is 33.6 Å². The van der Waals surface area contributed by atoms with Crippen LogP contribution in [0.1, 0.15) is 12.5 Å². The lowest BCUT2D eigenvalue weighted by Crippen LogP contribution is -2.32. The molecule has 0 amide bonds. The van der Waals surface area contributed by atoms with E-state index in [0.717, 1.165) is 24.5 Å². The molecule has 2 heterocycles. The number of hydrogen-bond acceptors (Lipinski definition) is 10. The van der Waals surface area contributed by atoms with Crippen LogP contribution in [-0.2, 0) is 0 Å². The zero-order valence-electron chi connectivity index (χ0n) is 18.5. The van der Waals surface area contributed by atoms with Crippen LogP contribution in [-0.4, -0.2) is 37.3 Å². The first-order valence-corrected chi connectivity index (χ1v) is 10.3. The molecular formula is C22H16N6O8. The fourth-order valence-electron chi connectivity index (χ4n) is 3.21. The van der Waals surface area contributed by atoms with Gasteiger partial charge in [0.1, 0.15) is 6.20 Å². The number of H-pyrrole nitrogens is 1. The van der Waals surface area contributed by atoms with Gasteiger partial charge in [-0.05, 0) is 25.1 Å². The van der Waals surface area contributed by atoms with Gasteiger partial charge in [-0.3, -0.25) is 25.0 Å². The zero-order chi connectivity index (χ0) is 25.8. The first-order valence-electron chi connectivity index (χ1n) is 10.3. The summed E-state index contributed by atoms with van der Waals surface area (Å²) < 4.78 is 11.6. The van der Waals surface area contributed by atoms with Crippen molar-refractivity contribution in [2.45, 2.75) is 6.92 Å². The van der Waals surface area contributed by atoms with Crippen molar-refractivity contribution in [1.29, 1.82) is 0 Å². The van der Waals surface area contributed by atoms with Crippen molar-refractivity contribution in [3.63, 3.8) is 0 Å². The number of rotatable bonds is 8. The molecule has 0 radical (unpaired) electrons. The summed E-state index contributed by atoms with van der Waals surface area (Å²) in [6.45, 7) is 1.76. The van der Waals surface area contributed by atoms with Crippen LogP contribution in [0.4, 0.5) is 11.4 Å². The summed E-state index contributed by atoms with van der Waals surface area (Å²) in [5, 5.41) is 26.8. The molecule has 0 fully saturated rings. The Balaban J connectivity index is 1.76. The Hall–Kier alpha value is -5.40. The minimum absolute atomic E-state index is 0.0481. The Kier molecular flexibility index (Phi) is 6.49. The molecule has 0 atom stereocenters. The highest BCUT2D eigenvalue weighted by molar-refractivity contribution is 5.83. The summed E-state index contributed by atoms with van der Waals surface area (Å²) in [6.07, 6.45) is 2.04. The third kappa shape index (κ3) is 4.77. The number of nitro benzene ring substituents is 1. The SMILES string of the molecule is CCOc1cc(C=Nn2c(=O)[nH]c3ccccc3c2=O)cc([N+](=O)[O-])c1Oc1ccc([N+](=O)[O-])cn1. The van der Waals surface area contributed by atoms with Gasteiger partial charge >= 0.3 is 11.4 Å². The maximum atomic E-state index is 12.7. The second-order valence-corrected chi connectivity index (χ2v) is 7.11. The number of para-hydroxylation sites is 1. The normalized spacial score (nSPS) is 11.0. The van der Waals surface area contributed by atoms with Crippen LogP contribution in [0.5, 0.6) is 17.4 Å². The molecule has 2 aromatic heterocycles. The molecule has 4 rings (SSSR count). The topological polar surface area (TPSA) is 185 Å². The molecule has 1 N–H and O–H groups in total. The average molecular weight is 492 g/mol. The van der Waals surface area contributed by atoms with Gasteiger partial charge in [0.25, 0.3) is 11.2 Å². The molecule has 0 aliphatic heterocycles. The Morgan fingerprint density at radius 3 is 2.56 bits per heavy atom. The van der Waals surface area contributed by atoms with Crippen LogP contribution in [0, 0.1) is 20.2 Å². The van der Waals surface area contributed by atoms with E-state index in [2.05, 4.69) is 15.1 Å². The number of nitro groups is 2. The molecule has 36 heavy (non-hydrogen) atoms. The molecule has 0 aliphatic rings. The molecule has 2 aromatic carbocycles. The van der Waals surface area contributed by atoms with Crippen molar-refractivity contribution in [2.24, 2.45) is 5.10 Å². The van der Waals surface area contributed by atoms with Gasteiger partial charge in [0.15, 0.2) is 5.75 Å². The van der Waals surface area contributed by atoms with E-state index in [9.17, 15) is 29.8 Å². The molecule has 14 nitrogen and oxygen atoms in total. The molecule has 182 valence electrons. The number of benzene rings is 2. The lowest BCUT2D eigenvalue weighted by atomic mass is 10.2. The third-order valence-electron chi connectivity index (χ3n) is 4.80. The highest BCUT2D eigenvalue weighted by Crippen LogP contribution is 2.40. The molecule has 0 bridgehead atoms. The van der Waals surface area contributed by atoms with Crippen LogP contribution in [0.25, 0.3) is 10.9 Å². The third-order valence-corrected chi connectivity index (χ3v) is 4.80. The van der Waals surface area contributed by atoms with Crippen molar-refractivity contribution >= 4 is 28.5 Å². The molecule has 4 aromatic rings. The number of ether oxygens (including phenoxy) is 2. The van der Waals surface area contributed by atoms with E-state index < -0.39 is 26.8 Å². The first kappa shape index (κ1) is 23.7. The zero-order valence-corrected chi connectivity index (χ0v) is 18.5. The molecule has 0 spiro atoms. The molecule has 0 saturated carbocycles. The van der Waals surface area contributed by atoms with Crippen molar-refractivity contribution in [3.8, 4) is 17.4 Å². The summed E-state index contributed by atoms with van der Waals surface area (Å²) in [7, 11) is 0. The number of pyridine rings is 1. The minimum Gasteiger partial charge on any atom is -0.490 e. The Labute approximate surface area is 200 Å². The molecule has 0 aliphatic carbocycles. The van der Waals surface area contributed by atoms with Crippen LogP contribution in [0.2, 0.25) is 0 Å². The minimum atomic E-state index is -0.793. The Morgan fingerprint density at radius 1 is 1.11 bits per heavy atom. The van der Waals surface area contributed by atoms with Gasteiger partial charge in [0.2, 0.25) is 11.6 Å². The van der Waals surface area contributed by atoms with Gasteiger partial charge in [0, 0.05) is 23.8 Å². The summed E-state index contributed by atoms with van der Waals surface area (Å²) in [4.78, 5) is 52.6. The van der Waals surface area contributed by atoms with Gasteiger partial charge in [-0.25, -0.2) is 9.78 Å². The average Bonchev–Trinajstić information content (AvgIpc) is 2.85. The maximum absolute atomic E-state index is 12.7. The predicted octanol–water partition coefficient (Wildman–Crippen LogP) is 2.97. The fraction of sp³-hybridized carbons (Fsp3) is 0.0909. The number of nitrogens with one attached hydrogen (secondary N) is 1. The number of aromatic amines is 1. The summed E-state index contributed by atoms with van der Waals surface area (Å²) in [5.41, 5.74) is -1.80. The molecular weight excluding hydrogens is 476 g/mol. The predicted molar refractivity (Wildman–Crippen MR) is 127 cm³/mol. The van der Waals surface area contributed by atoms with Gasteiger partial charge in [-0.15, -0.1) is 4.68 Å². The first-order chi connectivity index (χ1) is 17.3. The van der Waals surface area contributed by atoms with Gasteiger partial charge in [-0.2, -0.15) is 5.10 Å². The standard InChI is InChI=1S/C22H16N6O8/c1-2-35-18-10-13(11-24-26-21(29)15-5-3-4-6-16(15)25-22(26)30)9-17(28(33)34)20(18)36-19-8-7-14(12-23-19)27(31)32/h3-12H,2H2,1H3,(H,25,30). The van der Waals surface area contributed by atoms with E-state index >= 15 is 0 Å². The van der Waals surface area contributed by atoms with E-state index in [-0.39, 0.29) is 40.6 Å². The van der Waals surface area contributed by atoms with E-state index in [1.807, 2.05) is 0 Å². The van der Waals surface area contributed by atoms with Crippen molar-refractivity contribution in [2.75, 3.05) is 6.61 Å². The number of fused-ring (bicyclic) bond motifs is 1. The summed E-state index contributed by atoms with van der Waals surface area (Å²) in [5.74, 6) is -0.477. The van der Waals surface area contributed by atoms with Gasteiger partial charge < -0.3 is 14.5 Å². The number of nitrogens with zero attached hydrogens (tertiary/aromatic N) is 5. The quantitative estimate of drug-likeness (QED) is 0.219. The summed E-state index contributed by atoms with van der Waals surface area (Å²) in [6, 6.07) is 11.2. The lowest BCUT2D eigenvalue weighted by Gasteiger charge is -2.12. The number of aromatic nitrogens is 3. The molecule has 0 unspecified atom stereocenters. The van der Waals surface area contributed by atoms with Crippen LogP contribution in [0.3, 0.4) is 0 Å². The van der Waals surface area contributed by atoms with Crippen molar-refractivity contribution in [3.05, 3.63) is 101 Å². The van der Waals surface area contributed by atoms with E-state index in [0.29, 0.717) is 10.2 Å². The van der Waals surface area contributed by atoms with Crippen LogP contribution in [0.15, 0.2) is 69.4 Å². The fourth-order valence-corrected chi connectivity index (χ4v) is 3.21. The van der Waals surface area contributed by atoms with Crippen molar-refractivity contribution in [1.82, 2.24) is 14.6 Å². The van der Waals surface area contributed by atoms with Crippen LogP contribution < -0.4 is 20.7 Å². The second kappa shape index (κ2) is 9.84. The highest BCUT2D eigenvalue weighted by atomic mass is 16.6. The smallest absolute Gasteiger partial charge is 0.349 e. The molecule has 14 heteroatoms.